The Balaban J connectivity index is 1.56. The molecule has 0 unspecified atom stereocenters. The van der Waals surface area contributed by atoms with Gasteiger partial charge in [0.25, 0.3) is 0 Å². The summed E-state index contributed by atoms with van der Waals surface area (Å²) in [5.74, 6) is 0. The Kier molecular flexibility index (Phi) is 7.20. The van der Waals surface area contributed by atoms with Crippen molar-refractivity contribution in [2.75, 3.05) is 50.7 Å². The maximum absolute atomic E-state index is 11.7. The second-order valence-corrected chi connectivity index (χ2v) is 5.67. The second kappa shape index (κ2) is 9.64. The summed E-state index contributed by atoms with van der Waals surface area (Å²) in [6.45, 7) is 6.97. The number of nitrogens with zero attached hydrogens (tertiary/aromatic N) is 2. The zero-order valence-electron chi connectivity index (χ0n) is 14.3. The van der Waals surface area contributed by atoms with Gasteiger partial charge >= 0.3 is 12.1 Å². The van der Waals surface area contributed by atoms with Crippen LogP contribution in [0.4, 0.5) is 15.3 Å². The van der Waals surface area contributed by atoms with Crippen LogP contribution >= 0.6 is 0 Å². The quantitative estimate of drug-likeness (QED) is 0.595. The molecule has 1 aliphatic rings. The molecule has 1 aromatic carbocycles. The van der Waals surface area contributed by atoms with Gasteiger partial charge in [-0.3, -0.25) is 0 Å². The molecule has 0 radical (unpaired) electrons. The van der Waals surface area contributed by atoms with E-state index in [2.05, 4.69) is 39.9 Å². The van der Waals surface area contributed by atoms with Crippen LogP contribution in [0.15, 0.2) is 30.3 Å². The fourth-order valence-corrected chi connectivity index (χ4v) is 2.67. The maximum Gasteiger partial charge on any atom is 0.317 e. The molecule has 0 aliphatic carbocycles. The first-order valence-electron chi connectivity index (χ1n) is 8.55. The standard InChI is InChI=1S/C17H27N5O2/c1-2-21(15-7-4-3-5-8-15)12-6-9-18-16(23)19-10-13-22-14-11-20-17(22)24/h3-5,7-8H,2,6,9-14H2,1H3,(H,20,24)(H2,18,19,23). The molecule has 1 fully saturated rings. The highest BCUT2D eigenvalue weighted by atomic mass is 16.2. The van der Waals surface area contributed by atoms with E-state index in [0.717, 1.165) is 19.5 Å². The number of nitrogens with one attached hydrogen (secondary N) is 3. The summed E-state index contributed by atoms with van der Waals surface area (Å²) in [7, 11) is 0. The third-order valence-electron chi connectivity index (χ3n) is 4.01. The van der Waals surface area contributed by atoms with E-state index in [-0.39, 0.29) is 12.1 Å². The van der Waals surface area contributed by atoms with Crippen LogP contribution < -0.4 is 20.9 Å². The summed E-state index contributed by atoms with van der Waals surface area (Å²) in [4.78, 5) is 27.1. The maximum atomic E-state index is 11.7. The van der Waals surface area contributed by atoms with E-state index in [0.29, 0.717) is 32.7 Å². The van der Waals surface area contributed by atoms with Crippen molar-refractivity contribution in [2.45, 2.75) is 13.3 Å². The average Bonchev–Trinajstić information content (AvgIpc) is 3.01. The minimum atomic E-state index is -0.183. The number of carbonyl (C=O) groups excluding carboxylic acids is 2. The van der Waals surface area contributed by atoms with Crippen LogP contribution in [0, 0.1) is 0 Å². The highest BCUT2D eigenvalue weighted by molar-refractivity contribution is 5.76. The number of hydrogen-bond donors (Lipinski definition) is 3. The molecular formula is C17H27N5O2. The van der Waals surface area contributed by atoms with Crippen molar-refractivity contribution >= 4 is 17.7 Å². The molecule has 2 rings (SSSR count). The number of benzene rings is 1. The van der Waals surface area contributed by atoms with Gasteiger partial charge in [0.1, 0.15) is 0 Å². The Morgan fingerprint density at radius 3 is 2.67 bits per heavy atom. The number of amides is 4. The van der Waals surface area contributed by atoms with Crippen molar-refractivity contribution in [3.05, 3.63) is 30.3 Å². The van der Waals surface area contributed by atoms with Gasteiger partial charge in [0.15, 0.2) is 0 Å². The summed E-state index contributed by atoms with van der Waals surface area (Å²) in [6, 6.07) is 10.0. The summed E-state index contributed by atoms with van der Waals surface area (Å²) in [5, 5.41) is 8.37. The topological polar surface area (TPSA) is 76.7 Å². The lowest BCUT2D eigenvalue weighted by molar-refractivity contribution is 0.215. The van der Waals surface area contributed by atoms with Crippen LogP contribution in [0.5, 0.6) is 0 Å². The molecule has 1 aliphatic heterocycles. The van der Waals surface area contributed by atoms with Crippen LogP contribution in [0.1, 0.15) is 13.3 Å². The molecule has 0 spiro atoms. The molecule has 24 heavy (non-hydrogen) atoms. The van der Waals surface area contributed by atoms with Crippen molar-refractivity contribution < 1.29 is 9.59 Å². The molecule has 0 aromatic heterocycles. The summed E-state index contributed by atoms with van der Waals surface area (Å²) in [6.07, 6.45) is 0.880. The second-order valence-electron chi connectivity index (χ2n) is 5.67. The molecule has 7 nitrogen and oxygen atoms in total. The van der Waals surface area contributed by atoms with Crippen LogP contribution in [-0.4, -0.2) is 62.8 Å². The van der Waals surface area contributed by atoms with E-state index in [1.165, 1.54) is 5.69 Å². The SMILES string of the molecule is CCN(CCCNC(=O)NCCN1CCNC1=O)c1ccccc1. The molecule has 0 saturated carbocycles. The zero-order valence-corrected chi connectivity index (χ0v) is 14.3. The fourth-order valence-electron chi connectivity index (χ4n) is 2.67. The molecule has 7 heteroatoms. The Bertz CT molecular complexity index is 523. The first-order valence-corrected chi connectivity index (χ1v) is 8.55. The van der Waals surface area contributed by atoms with E-state index < -0.39 is 0 Å². The Labute approximate surface area is 143 Å². The van der Waals surface area contributed by atoms with Crippen LogP contribution in [0.2, 0.25) is 0 Å². The van der Waals surface area contributed by atoms with E-state index in [1.54, 1.807) is 4.90 Å². The average molecular weight is 333 g/mol. The van der Waals surface area contributed by atoms with E-state index in [4.69, 9.17) is 0 Å². The highest BCUT2D eigenvalue weighted by Crippen LogP contribution is 2.12. The number of anilines is 1. The van der Waals surface area contributed by atoms with Gasteiger partial charge in [0.2, 0.25) is 0 Å². The van der Waals surface area contributed by atoms with Gasteiger partial charge in [0, 0.05) is 51.5 Å². The van der Waals surface area contributed by atoms with Gasteiger partial charge in [-0.05, 0) is 25.5 Å². The Morgan fingerprint density at radius 2 is 2.00 bits per heavy atom. The van der Waals surface area contributed by atoms with Gasteiger partial charge in [-0.2, -0.15) is 0 Å². The summed E-state index contributed by atoms with van der Waals surface area (Å²) >= 11 is 0. The minimum Gasteiger partial charge on any atom is -0.372 e. The number of para-hydroxylation sites is 1. The Hall–Kier alpha value is -2.44. The molecular weight excluding hydrogens is 306 g/mol. The van der Waals surface area contributed by atoms with Crippen LogP contribution in [-0.2, 0) is 0 Å². The van der Waals surface area contributed by atoms with Crippen molar-refractivity contribution in [3.8, 4) is 0 Å². The molecule has 0 bridgehead atoms. The van der Waals surface area contributed by atoms with E-state index in [1.807, 2.05) is 18.2 Å². The third kappa shape index (κ3) is 5.64. The van der Waals surface area contributed by atoms with Gasteiger partial charge in [-0.1, -0.05) is 18.2 Å². The van der Waals surface area contributed by atoms with Crippen molar-refractivity contribution in [2.24, 2.45) is 0 Å². The molecule has 132 valence electrons. The first kappa shape index (κ1) is 17.9. The van der Waals surface area contributed by atoms with Crippen LogP contribution in [0.25, 0.3) is 0 Å². The monoisotopic (exact) mass is 333 g/mol. The molecule has 1 saturated heterocycles. The first-order chi connectivity index (χ1) is 11.7. The molecule has 1 heterocycles. The fraction of sp³-hybridized carbons (Fsp3) is 0.529. The van der Waals surface area contributed by atoms with Gasteiger partial charge in [0.05, 0.1) is 0 Å². The highest BCUT2D eigenvalue weighted by Gasteiger charge is 2.18. The lowest BCUT2D eigenvalue weighted by Crippen LogP contribution is -2.42. The van der Waals surface area contributed by atoms with Crippen molar-refractivity contribution in [1.29, 1.82) is 0 Å². The lowest BCUT2D eigenvalue weighted by Gasteiger charge is -2.23. The lowest BCUT2D eigenvalue weighted by atomic mass is 10.2. The smallest absolute Gasteiger partial charge is 0.317 e. The molecule has 1 aromatic rings. The van der Waals surface area contributed by atoms with Crippen molar-refractivity contribution in [1.82, 2.24) is 20.9 Å². The minimum absolute atomic E-state index is 0.0576. The number of rotatable bonds is 9. The summed E-state index contributed by atoms with van der Waals surface area (Å²) in [5.41, 5.74) is 1.20. The summed E-state index contributed by atoms with van der Waals surface area (Å²) < 4.78 is 0. The van der Waals surface area contributed by atoms with E-state index in [9.17, 15) is 9.59 Å². The zero-order chi connectivity index (χ0) is 17.2. The van der Waals surface area contributed by atoms with Gasteiger partial charge in [-0.15, -0.1) is 0 Å². The molecule has 3 N–H and O–H groups in total. The largest absolute Gasteiger partial charge is 0.372 e. The third-order valence-corrected chi connectivity index (χ3v) is 4.01. The molecule has 0 atom stereocenters. The number of carbonyl (C=O) groups is 2. The number of urea groups is 2. The predicted octanol–water partition coefficient (Wildman–Crippen LogP) is 1.23. The van der Waals surface area contributed by atoms with Gasteiger partial charge < -0.3 is 25.8 Å². The Morgan fingerprint density at radius 1 is 1.25 bits per heavy atom. The normalized spacial score (nSPS) is 13.5. The van der Waals surface area contributed by atoms with Crippen LogP contribution in [0.3, 0.4) is 0 Å². The number of hydrogen-bond acceptors (Lipinski definition) is 3. The molecule has 4 amide bonds. The van der Waals surface area contributed by atoms with E-state index >= 15 is 0 Å². The van der Waals surface area contributed by atoms with Crippen molar-refractivity contribution in [3.63, 3.8) is 0 Å². The van der Waals surface area contributed by atoms with Gasteiger partial charge in [-0.25, -0.2) is 9.59 Å². The predicted molar refractivity (Wildman–Crippen MR) is 95.3 cm³/mol.